The first-order valence-electron chi connectivity index (χ1n) is 10.3. The van der Waals surface area contributed by atoms with Crippen LogP contribution in [0.25, 0.3) is 11.0 Å². The van der Waals surface area contributed by atoms with E-state index in [1.54, 1.807) is 48.5 Å². The normalized spacial score (nSPS) is 11.2. The molecular weight excluding hydrogens is 396 g/mol. The number of ether oxygens (including phenoxy) is 3. The van der Waals surface area contributed by atoms with Crippen LogP contribution in [0.2, 0.25) is 0 Å². The van der Waals surface area contributed by atoms with Gasteiger partial charge in [-0.1, -0.05) is 43.3 Å². The number of para-hydroxylation sites is 1. The summed E-state index contributed by atoms with van der Waals surface area (Å²) in [6.45, 7) is 6.02. The van der Waals surface area contributed by atoms with Crippen molar-refractivity contribution < 1.29 is 23.4 Å². The molecule has 1 heterocycles. The Morgan fingerprint density at radius 1 is 1.03 bits per heavy atom. The van der Waals surface area contributed by atoms with Gasteiger partial charge in [0.25, 0.3) is 0 Å². The van der Waals surface area contributed by atoms with Crippen molar-refractivity contribution in [3.8, 4) is 17.2 Å². The molecule has 1 aromatic heterocycles. The number of esters is 1. The highest BCUT2D eigenvalue weighted by Crippen LogP contribution is 2.37. The van der Waals surface area contributed by atoms with Crippen molar-refractivity contribution in [1.82, 2.24) is 0 Å². The Balaban J connectivity index is 2.06. The fourth-order valence-electron chi connectivity index (χ4n) is 2.97. The number of rotatable bonds is 9. The summed E-state index contributed by atoms with van der Waals surface area (Å²) in [6.07, 6.45) is 5.36. The van der Waals surface area contributed by atoms with E-state index < -0.39 is 11.6 Å². The molecule has 0 aliphatic heterocycles. The van der Waals surface area contributed by atoms with Crippen LogP contribution in [0.15, 0.2) is 69.9 Å². The summed E-state index contributed by atoms with van der Waals surface area (Å²) in [4.78, 5) is 25.5. The maximum absolute atomic E-state index is 12.8. The second kappa shape index (κ2) is 10.5. The van der Waals surface area contributed by atoms with Crippen molar-refractivity contribution in [2.45, 2.75) is 39.7 Å². The van der Waals surface area contributed by atoms with E-state index in [4.69, 9.17) is 18.6 Å². The van der Waals surface area contributed by atoms with E-state index in [1.807, 2.05) is 32.9 Å². The first-order valence-corrected chi connectivity index (χ1v) is 10.3. The Bertz CT molecular complexity index is 1110. The van der Waals surface area contributed by atoms with Gasteiger partial charge in [-0.2, -0.15) is 0 Å². The number of hydrogen-bond acceptors (Lipinski definition) is 6. The number of carbonyl (C=O) groups excluding carboxylic acids is 1. The van der Waals surface area contributed by atoms with E-state index in [2.05, 4.69) is 0 Å². The van der Waals surface area contributed by atoms with E-state index in [0.29, 0.717) is 23.1 Å². The van der Waals surface area contributed by atoms with Crippen molar-refractivity contribution in [2.75, 3.05) is 6.61 Å². The van der Waals surface area contributed by atoms with Crippen LogP contribution in [0.4, 0.5) is 0 Å². The molecule has 0 aliphatic carbocycles. The molecule has 2 aromatic carbocycles. The molecule has 0 saturated carbocycles. The highest BCUT2D eigenvalue weighted by molar-refractivity contribution is 5.96. The van der Waals surface area contributed by atoms with Gasteiger partial charge in [-0.15, -0.1) is 0 Å². The highest BCUT2D eigenvalue weighted by Gasteiger charge is 2.23. The minimum Gasteiger partial charge on any atom is -0.487 e. The first-order chi connectivity index (χ1) is 15.0. The molecule has 162 valence electrons. The third-order valence-corrected chi connectivity index (χ3v) is 4.31. The molecule has 0 aliphatic rings. The molecule has 0 N–H and O–H groups in total. The van der Waals surface area contributed by atoms with E-state index in [0.717, 1.165) is 6.42 Å². The second-order valence-corrected chi connectivity index (χ2v) is 7.12. The van der Waals surface area contributed by atoms with Crippen molar-refractivity contribution in [1.29, 1.82) is 0 Å². The van der Waals surface area contributed by atoms with Crippen LogP contribution >= 0.6 is 0 Å². The topological polar surface area (TPSA) is 75.0 Å². The van der Waals surface area contributed by atoms with Crippen LogP contribution in [0.1, 0.15) is 44.0 Å². The van der Waals surface area contributed by atoms with Gasteiger partial charge in [0.1, 0.15) is 0 Å². The average Bonchev–Trinajstić information content (AvgIpc) is 2.76. The predicted octanol–water partition coefficient (Wildman–Crippen LogP) is 5.53. The van der Waals surface area contributed by atoms with Gasteiger partial charge >= 0.3 is 11.6 Å². The van der Waals surface area contributed by atoms with Gasteiger partial charge in [0, 0.05) is 0 Å². The van der Waals surface area contributed by atoms with E-state index in [1.165, 1.54) is 0 Å². The summed E-state index contributed by atoms with van der Waals surface area (Å²) >= 11 is 0. The van der Waals surface area contributed by atoms with Gasteiger partial charge in [0.15, 0.2) is 17.1 Å². The van der Waals surface area contributed by atoms with Gasteiger partial charge in [0.05, 0.1) is 23.7 Å². The largest absolute Gasteiger partial charge is 0.487 e. The zero-order valence-electron chi connectivity index (χ0n) is 17.9. The molecule has 0 atom stereocenters. The van der Waals surface area contributed by atoms with E-state index in [-0.39, 0.29) is 29.8 Å². The molecule has 6 heteroatoms. The molecule has 0 amide bonds. The van der Waals surface area contributed by atoms with Crippen molar-refractivity contribution in [3.63, 3.8) is 0 Å². The minimum absolute atomic E-state index is 0.0220. The summed E-state index contributed by atoms with van der Waals surface area (Å²) < 4.78 is 22.7. The highest BCUT2D eigenvalue weighted by atomic mass is 16.6. The Kier molecular flexibility index (Phi) is 7.49. The van der Waals surface area contributed by atoms with Crippen LogP contribution in [0.5, 0.6) is 17.2 Å². The molecule has 6 nitrogen and oxygen atoms in total. The predicted molar refractivity (Wildman–Crippen MR) is 119 cm³/mol. The lowest BCUT2D eigenvalue weighted by atomic mass is 10.2. The maximum Gasteiger partial charge on any atom is 0.383 e. The van der Waals surface area contributed by atoms with E-state index >= 15 is 0 Å². The molecule has 3 rings (SSSR count). The fourth-order valence-corrected chi connectivity index (χ4v) is 2.97. The minimum atomic E-state index is -0.734. The molecule has 3 aromatic rings. The fraction of sp³-hybridized carbons (Fsp3) is 0.280. The zero-order chi connectivity index (χ0) is 22.2. The first kappa shape index (κ1) is 22.2. The maximum atomic E-state index is 12.8. The number of allylic oxidation sites excluding steroid dienone is 1. The summed E-state index contributed by atoms with van der Waals surface area (Å²) in [7, 11) is 0. The third-order valence-electron chi connectivity index (χ3n) is 4.31. The average molecular weight is 422 g/mol. The molecular formula is C25H26O6. The third kappa shape index (κ3) is 5.54. The number of hydrogen-bond donors (Lipinski definition) is 0. The Labute approximate surface area is 181 Å². The molecule has 0 radical (unpaired) electrons. The summed E-state index contributed by atoms with van der Waals surface area (Å²) in [5.41, 5.74) is -0.173. The zero-order valence-corrected chi connectivity index (χ0v) is 17.9. The quantitative estimate of drug-likeness (QED) is 0.195. The molecule has 0 spiro atoms. The number of benzene rings is 2. The number of carbonyl (C=O) groups is 1. The van der Waals surface area contributed by atoms with Crippen LogP contribution in [0, 0.1) is 0 Å². The summed E-state index contributed by atoms with van der Waals surface area (Å²) in [5.74, 6) is -0.324. The van der Waals surface area contributed by atoms with E-state index in [9.17, 15) is 9.59 Å². The molecule has 0 fully saturated rings. The van der Waals surface area contributed by atoms with Crippen LogP contribution < -0.4 is 19.8 Å². The van der Waals surface area contributed by atoms with Crippen molar-refractivity contribution in [3.05, 3.63) is 76.7 Å². The number of fused-ring (bicyclic) bond motifs is 1. The van der Waals surface area contributed by atoms with Crippen LogP contribution in [-0.4, -0.2) is 18.7 Å². The van der Waals surface area contributed by atoms with Crippen molar-refractivity contribution >= 4 is 16.9 Å². The Hall–Kier alpha value is -3.54. The molecule has 0 bridgehead atoms. The standard InChI is InChI=1S/C25H26O6/c1-4-5-6-10-16-28-23-22(31-24(26)18-12-8-7-9-13-18)19-14-11-15-20(29-17(2)3)21(19)30-25(23)27/h5-9,11-15,17H,4,10,16H2,1-3H3. The van der Waals surface area contributed by atoms with Gasteiger partial charge in [0.2, 0.25) is 5.75 Å². The SMILES string of the molecule is CCC=CCCOc1c(OC(=O)c2ccccc2)c2cccc(OC(C)C)c2oc1=O. The molecule has 0 unspecified atom stereocenters. The Morgan fingerprint density at radius 2 is 1.81 bits per heavy atom. The smallest absolute Gasteiger partial charge is 0.383 e. The van der Waals surface area contributed by atoms with Gasteiger partial charge in [-0.05, 0) is 51.0 Å². The second-order valence-electron chi connectivity index (χ2n) is 7.12. The molecule has 0 saturated heterocycles. The Morgan fingerprint density at radius 3 is 2.52 bits per heavy atom. The lowest BCUT2D eigenvalue weighted by molar-refractivity contribution is 0.0729. The lowest BCUT2D eigenvalue weighted by Gasteiger charge is -2.15. The monoisotopic (exact) mass is 422 g/mol. The van der Waals surface area contributed by atoms with Crippen molar-refractivity contribution in [2.24, 2.45) is 0 Å². The van der Waals surface area contributed by atoms with Gasteiger partial charge in [-0.3, -0.25) is 0 Å². The van der Waals surface area contributed by atoms with Crippen LogP contribution in [-0.2, 0) is 0 Å². The van der Waals surface area contributed by atoms with Crippen LogP contribution in [0.3, 0.4) is 0 Å². The summed E-state index contributed by atoms with van der Waals surface area (Å²) in [5, 5.41) is 0.418. The van der Waals surface area contributed by atoms with Gasteiger partial charge < -0.3 is 18.6 Å². The van der Waals surface area contributed by atoms with Gasteiger partial charge in [-0.25, -0.2) is 9.59 Å². The lowest BCUT2D eigenvalue weighted by Crippen LogP contribution is -2.15. The molecule has 31 heavy (non-hydrogen) atoms. The summed E-state index contributed by atoms with van der Waals surface area (Å²) in [6, 6.07) is 13.7.